The second-order valence-electron chi connectivity index (χ2n) is 11.8. The van der Waals surface area contributed by atoms with Gasteiger partial charge in [-0.05, 0) is 50.7 Å². The summed E-state index contributed by atoms with van der Waals surface area (Å²) in [6.07, 6.45) is 23.0. The van der Waals surface area contributed by atoms with Gasteiger partial charge in [-0.2, -0.15) is 10.2 Å². The van der Waals surface area contributed by atoms with Gasteiger partial charge in [0.25, 0.3) is 5.91 Å². The highest BCUT2D eigenvalue weighted by molar-refractivity contribution is 5.92. The predicted octanol–water partition coefficient (Wildman–Crippen LogP) is 7.50. The molecule has 6 heteroatoms. The van der Waals surface area contributed by atoms with Crippen molar-refractivity contribution in [2.45, 2.75) is 141 Å². The van der Waals surface area contributed by atoms with Crippen molar-refractivity contribution in [1.29, 1.82) is 0 Å². The fraction of sp³-hybridized carbons (Fsp3) is 0.767. The summed E-state index contributed by atoms with van der Waals surface area (Å²) in [5.41, 5.74) is 2.87. The summed E-state index contributed by atoms with van der Waals surface area (Å²) < 4.78 is 2.01. The van der Waals surface area contributed by atoms with Crippen molar-refractivity contribution in [3.05, 3.63) is 35.4 Å². The third kappa shape index (κ3) is 8.21. The lowest BCUT2D eigenvalue weighted by atomic mass is 9.85. The Morgan fingerprint density at radius 1 is 0.944 bits per heavy atom. The highest BCUT2D eigenvalue weighted by Gasteiger charge is 2.21. The molecule has 1 amide bonds. The topological polar surface area (TPSA) is 75.6 Å². The van der Waals surface area contributed by atoms with Gasteiger partial charge in [-0.15, -0.1) is 0 Å². The van der Waals surface area contributed by atoms with Crippen LogP contribution in [-0.2, 0) is 6.54 Å². The van der Waals surface area contributed by atoms with Gasteiger partial charge in [0, 0.05) is 29.8 Å². The lowest BCUT2D eigenvalue weighted by Crippen LogP contribution is -2.36. The van der Waals surface area contributed by atoms with Gasteiger partial charge in [-0.3, -0.25) is 14.6 Å². The van der Waals surface area contributed by atoms with Crippen molar-refractivity contribution in [2.24, 2.45) is 5.92 Å². The summed E-state index contributed by atoms with van der Waals surface area (Å²) in [7, 11) is 0. The minimum atomic E-state index is -0.0970. The van der Waals surface area contributed by atoms with Gasteiger partial charge in [0.2, 0.25) is 0 Å². The monoisotopic (exact) mass is 495 g/mol. The van der Waals surface area contributed by atoms with E-state index >= 15 is 0 Å². The fourth-order valence-corrected chi connectivity index (χ4v) is 6.29. The first-order valence-electron chi connectivity index (χ1n) is 15.0. The van der Waals surface area contributed by atoms with Crippen molar-refractivity contribution >= 4 is 5.91 Å². The van der Waals surface area contributed by atoms with E-state index in [1.165, 1.54) is 108 Å². The van der Waals surface area contributed by atoms with E-state index in [1.807, 2.05) is 10.7 Å². The van der Waals surface area contributed by atoms with Crippen LogP contribution in [0.15, 0.2) is 18.3 Å². The zero-order chi connectivity index (χ0) is 25.2. The molecule has 0 radical (unpaired) electrons. The Kier molecular flexibility index (Phi) is 10.5. The Morgan fingerprint density at radius 3 is 2.22 bits per heavy atom. The largest absolute Gasteiger partial charge is 0.346 e. The molecule has 0 bridgehead atoms. The van der Waals surface area contributed by atoms with Crippen LogP contribution in [0, 0.1) is 5.92 Å². The molecule has 2 aliphatic rings. The number of aromatic amines is 1. The molecule has 0 aromatic carbocycles. The number of amides is 1. The Balaban J connectivity index is 1.27. The molecule has 2 fully saturated rings. The molecule has 2 aromatic heterocycles. The van der Waals surface area contributed by atoms with E-state index in [-0.39, 0.29) is 11.9 Å². The molecule has 0 aliphatic heterocycles. The van der Waals surface area contributed by atoms with E-state index in [0.29, 0.717) is 24.1 Å². The molecule has 4 rings (SSSR count). The third-order valence-corrected chi connectivity index (χ3v) is 8.54. The Morgan fingerprint density at radius 2 is 1.56 bits per heavy atom. The Labute approximate surface area is 218 Å². The number of hydrogen-bond donors (Lipinski definition) is 2. The summed E-state index contributed by atoms with van der Waals surface area (Å²) in [6.45, 7) is 5.10. The number of rotatable bonds is 6. The molecule has 2 heterocycles. The van der Waals surface area contributed by atoms with Gasteiger partial charge in [0.05, 0.1) is 12.2 Å². The second kappa shape index (κ2) is 14.0. The highest BCUT2D eigenvalue weighted by atomic mass is 16.2. The molecule has 2 saturated carbocycles. The summed E-state index contributed by atoms with van der Waals surface area (Å²) in [5.74, 6) is 1.82. The van der Waals surface area contributed by atoms with Crippen LogP contribution in [0.25, 0.3) is 0 Å². The van der Waals surface area contributed by atoms with Crippen LogP contribution in [0.4, 0.5) is 0 Å². The molecule has 0 unspecified atom stereocenters. The molecule has 2 N–H and O–H groups in total. The average Bonchev–Trinajstić information content (AvgIpc) is 3.50. The van der Waals surface area contributed by atoms with Crippen LogP contribution in [-0.4, -0.2) is 31.9 Å². The number of nitrogens with one attached hydrogen (secondary N) is 2. The molecule has 0 spiro atoms. The van der Waals surface area contributed by atoms with Gasteiger partial charge in [0.1, 0.15) is 5.69 Å². The standard InChI is InChI=1S/C30H49N5O/c1-23-13-11-17-26(18-12-14-23)28-21-29(33-32-28)30(36)31-24(2)22-35-20-19-27(34-35)25-15-9-7-5-3-4-6-8-10-16-25/h19-21,23-26H,3-18,22H2,1-2H3,(H,31,36)(H,32,33)/t23?,24-,26?/m1/s1. The predicted molar refractivity (Wildman–Crippen MR) is 146 cm³/mol. The number of hydrogen-bond acceptors (Lipinski definition) is 3. The van der Waals surface area contributed by atoms with E-state index in [2.05, 4.69) is 41.6 Å². The summed E-state index contributed by atoms with van der Waals surface area (Å²) >= 11 is 0. The van der Waals surface area contributed by atoms with Crippen LogP contribution in [0.2, 0.25) is 0 Å². The Bertz CT molecular complexity index is 896. The smallest absolute Gasteiger partial charge is 0.272 e. The van der Waals surface area contributed by atoms with Crippen LogP contribution in [0.1, 0.15) is 150 Å². The molecule has 0 saturated heterocycles. The summed E-state index contributed by atoms with van der Waals surface area (Å²) in [4.78, 5) is 12.9. The number of H-pyrrole nitrogens is 1. The first-order valence-corrected chi connectivity index (χ1v) is 15.0. The van der Waals surface area contributed by atoms with Crippen molar-refractivity contribution < 1.29 is 4.79 Å². The number of nitrogens with zero attached hydrogens (tertiary/aromatic N) is 3. The first kappa shape index (κ1) is 26.9. The molecule has 2 aromatic rings. The highest BCUT2D eigenvalue weighted by Crippen LogP contribution is 2.32. The fourth-order valence-electron chi connectivity index (χ4n) is 6.29. The van der Waals surface area contributed by atoms with Gasteiger partial charge >= 0.3 is 0 Å². The third-order valence-electron chi connectivity index (χ3n) is 8.54. The SMILES string of the molecule is CC1CCCC(c2cc(C(=O)N[C@H](C)Cn3ccc(C4CCCCCCCCCC4)n3)n[nH]2)CCC1. The minimum Gasteiger partial charge on any atom is -0.346 e. The number of carbonyl (C=O) groups excluding carboxylic acids is 1. The van der Waals surface area contributed by atoms with Gasteiger partial charge in [0.15, 0.2) is 0 Å². The van der Waals surface area contributed by atoms with Gasteiger partial charge < -0.3 is 5.32 Å². The van der Waals surface area contributed by atoms with Gasteiger partial charge in [-0.1, -0.05) is 84.0 Å². The maximum atomic E-state index is 12.9. The molecular weight excluding hydrogens is 446 g/mol. The van der Waals surface area contributed by atoms with Crippen molar-refractivity contribution in [1.82, 2.24) is 25.3 Å². The molecular formula is C30H49N5O. The van der Waals surface area contributed by atoms with E-state index in [9.17, 15) is 4.79 Å². The van der Waals surface area contributed by atoms with E-state index < -0.39 is 0 Å². The molecule has 200 valence electrons. The second-order valence-corrected chi connectivity index (χ2v) is 11.8. The van der Waals surface area contributed by atoms with Gasteiger partial charge in [-0.25, -0.2) is 0 Å². The molecule has 2 aliphatic carbocycles. The Hall–Kier alpha value is -2.11. The van der Waals surface area contributed by atoms with Crippen LogP contribution >= 0.6 is 0 Å². The van der Waals surface area contributed by atoms with Crippen LogP contribution in [0.5, 0.6) is 0 Å². The van der Waals surface area contributed by atoms with E-state index in [4.69, 9.17) is 5.10 Å². The number of aromatic nitrogens is 4. The van der Waals surface area contributed by atoms with Crippen molar-refractivity contribution in [3.63, 3.8) is 0 Å². The minimum absolute atomic E-state index is 0.0131. The maximum Gasteiger partial charge on any atom is 0.272 e. The average molecular weight is 496 g/mol. The molecule has 6 nitrogen and oxygen atoms in total. The summed E-state index contributed by atoms with van der Waals surface area (Å²) in [5, 5.41) is 15.6. The van der Waals surface area contributed by atoms with Crippen LogP contribution < -0.4 is 5.32 Å². The quantitative estimate of drug-likeness (QED) is 0.436. The van der Waals surface area contributed by atoms with Crippen LogP contribution in [0.3, 0.4) is 0 Å². The van der Waals surface area contributed by atoms with E-state index in [1.54, 1.807) is 0 Å². The lowest BCUT2D eigenvalue weighted by Gasteiger charge is -2.21. The summed E-state index contributed by atoms with van der Waals surface area (Å²) in [6, 6.07) is 4.17. The maximum absolute atomic E-state index is 12.9. The zero-order valence-electron chi connectivity index (χ0n) is 22.8. The number of carbonyl (C=O) groups is 1. The molecule has 1 atom stereocenters. The first-order chi connectivity index (χ1) is 17.6. The molecule has 36 heavy (non-hydrogen) atoms. The normalized spacial score (nSPS) is 24.3. The van der Waals surface area contributed by atoms with E-state index in [0.717, 1.165) is 11.6 Å². The zero-order valence-corrected chi connectivity index (χ0v) is 22.8. The van der Waals surface area contributed by atoms with Crippen molar-refractivity contribution in [3.8, 4) is 0 Å². The lowest BCUT2D eigenvalue weighted by molar-refractivity contribution is 0.0931. The van der Waals surface area contributed by atoms with Crippen molar-refractivity contribution in [2.75, 3.05) is 0 Å².